The minimum atomic E-state index is 0.117. The minimum Gasteiger partial charge on any atom is -0.336 e. The van der Waals surface area contributed by atoms with Crippen molar-refractivity contribution < 1.29 is 4.79 Å². The number of rotatable bonds is 4. The first-order chi connectivity index (χ1) is 7.31. The monoisotopic (exact) mass is 212 g/mol. The topological polar surface area (TPSA) is 47.6 Å². The van der Waals surface area contributed by atoms with Gasteiger partial charge in [-0.05, 0) is 6.54 Å². The first-order valence-electron chi connectivity index (χ1n) is 5.79. The third-order valence-corrected chi connectivity index (χ3v) is 3.17. The molecular weight excluding hydrogens is 192 g/mol. The molecule has 1 unspecified atom stereocenters. The van der Waals surface area contributed by atoms with E-state index in [2.05, 4.69) is 22.5 Å². The fraction of sp³-hybridized carbons (Fsp3) is 0.900. The van der Waals surface area contributed by atoms with Crippen molar-refractivity contribution in [2.45, 2.75) is 13.0 Å². The normalized spacial score (nSPS) is 26.6. The first kappa shape index (κ1) is 10.7. The third kappa shape index (κ3) is 2.41. The van der Waals surface area contributed by atoms with Crippen LogP contribution in [0, 0.1) is 0 Å². The molecule has 0 aromatic carbocycles. The lowest BCUT2D eigenvalue weighted by atomic mass is 10.2. The van der Waals surface area contributed by atoms with E-state index in [-0.39, 0.29) is 6.03 Å². The van der Waals surface area contributed by atoms with Crippen LogP contribution in [0.4, 0.5) is 4.79 Å². The van der Waals surface area contributed by atoms with Crippen LogP contribution in [-0.4, -0.2) is 67.7 Å². The van der Waals surface area contributed by atoms with Crippen molar-refractivity contribution in [2.75, 3.05) is 45.8 Å². The molecule has 2 amide bonds. The maximum absolute atomic E-state index is 11.4. The SMILES string of the molecule is CCNCCN1CCN2C(=O)NCC2C1. The molecule has 0 radical (unpaired) electrons. The molecule has 5 nitrogen and oxygen atoms in total. The van der Waals surface area contributed by atoms with Gasteiger partial charge in [0.2, 0.25) is 0 Å². The van der Waals surface area contributed by atoms with Crippen LogP contribution in [0.15, 0.2) is 0 Å². The summed E-state index contributed by atoms with van der Waals surface area (Å²) >= 11 is 0. The predicted molar refractivity (Wildman–Crippen MR) is 58.9 cm³/mol. The Kier molecular flexibility index (Phi) is 3.43. The van der Waals surface area contributed by atoms with Crippen molar-refractivity contribution in [3.05, 3.63) is 0 Å². The molecule has 2 fully saturated rings. The minimum absolute atomic E-state index is 0.117. The molecule has 0 aliphatic carbocycles. The zero-order valence-corrected chi connectivity index (χ0v) is 9.33. The van der Waals surface area contributed by atoms with E-state index in [9.17, 15) is 4.79 Å². The van der Waals surface area contributed by atoms with Crippen LogP contribution >= 0.6 is 0 Å². The Bertz CT molecular complexity index is 233. The Balaban J connectivity index is 1.75. The van der Waals surface area contributed by atoms with Crippen molar-refractivity contribution in [2.24, 2.45) is 0 Å². The van der Waals surface area contributed by atoms with Crippen LogP contribution in [0.3, 0.4) is 0 Å². The largest absolute Gasteiger partial charge is 0.336 e. The van der Waals surface area contributed by atoms with E-state index in [1.54, 1.807) is 0 Å². The molecule has 0 saturated carbocycles. The van der Waals surface area contributed by atoms with E-state index >= 15 is 0 Å². The second kappa shape index (κ2) is 4.81. The number of carbonyl (C=O) groups excluding carboxylic acids is 1. The second-order valence-corrected chi connectivity index (χ2v) is 4.19. The summed E-state index contributed by atoms with van der Waals surface area (Å²) in [4.78, 5) is 15.8. The van der Waals surface area contributed by atoms with Gasteiger partial charge in [0.1, 0.15) is 0 Å². The van der Waals surface area contributed by atoms with Gasteiger partial charge in [0.15, 0.2) is 0 Å². The Hall–Kier alpha value is -0.810. The van der Waals surface area contributed by atoms with E-state index in [0.717, 1.165) is 45.8 Å². The Morgan fingerprint density at radius 3 is 3.20 bits per heavy atom. The zero-order valence-electron chi connectivity index (χ0n) is 9.33. The number of hydrogen-bond acceptors (Lipinski definition) is 3. The summed E-state index contributed by atoms with van der Waals surface area (Å²) in [5.74, 6) is 0. The Morgan fingerprint density at radius 2 is 2.40 bits per heavy atom. The quantitative estimate of drug-likeness (QED) is 0.606. The van der Waals surface area contributed by atoms with E-state index in [1.165, 1.54) is 0 Å². The van der Waals surface area contributed by atoms with Crippen molar-refractivity contribution >= 4 is 6.03 Å². The molecule has 2 aliphatic rings. The van der Waals surface area contributed by atoms with E-state index in [4.69, 9.17) is 0 Å². The maximum Gasteiger partial charge on any atom is 0.317 e. The van der Waals surface area contributed by atoms with Gasteiger partial charge in [-0.25, -0.2) is 4.79 Å². The number of carbonyl (C=O) groups is 1. The molecule has 0 bridgehead atoms. The fourth-order valence-corrected chi connectivity index (χ4v) is 2.29. The first-order valence-corrected chi connectivity index (χ1v) is 5.79. The molecule has 2 aliphatic heterocycles. The summed E-state index contributed by atoms with van der Waals surface area (Å²) in [6.45, 7) is 9.01. The molecule has 15 heavy (non-hydrogen) atoms. The summed E-state index contributed by atoms with van der Waals surface area (Å²) in [6.07, 6.45) is 0. The van der Waals surface area contributed by atoms with Gasteiger partial charge in [0, 0.05) is 39.3 Å². The highest BCUT2D eigenvalue weighted by Crippen LogP contribution is 2.13. The van der Waals surface area contributed by atoms with Crippen LogP contribution < -0.4 is 10.6 Å². The summed E-state index contributed by atoms with van der Waals surface area (Å²) in [7, 11) is 0. The summed E-state index contributed by atoms with van der Waals surface area (Å²) < 4.78 is 0. The lowest BCUT2D eigenvalue weighted by Crippen LogP contribution is -2.53. The molecule has 2 heterocycles. The number of likely N-dealkylation sites (N-methyl/N-ethyl adjacent to an activating group) is 1. The van der Waals surface area contributed by atoms with E-state index in [0.29, 0.717) is 6.04 Å². The molecular formula is C10H20N4O. The number of hydrogen-bond donors (Lipinski definition) is 2. The number of urea groups is 1. The molecule has 0 spiro atoms. The maximum atomic E-state index is 11.4. The van der Waals surface area contributed by atoms with Gasteiger partial charge in [0.25, 0.3) is 0 Å². The van der Waals surface area contributed by atoms with Crippen LogP contribution in [0.2, 0.25) is 0 Å². The lowest BCUT2D eigenvalue weighted by molar-refractivity contribution is 0.122. The molecule has 2 rings (SSSR count). The van der Waals surface area contributed by atoms with Gasteiger partial charge >= 0.3 is 6.03 Å². The van der Waals surface area contributed by atoms with Gasteiger partial charge < -0.3 is 15.5 Å². The number of piperazine rings is 1. The summed E-state index contributed by atoms with van der Waals surface area (Å²) in [5.41, 5.74) is 0. The second-order valence-electron chi connectivity index (χ2n) is 4.19. The molecule has 2 saturated heterocycles. The van der Waals surface area contributed by atoms with Gasteiger partial charge in [-0.15, -0.1) is 0 Å². The van der Waals surface area contributed by atoms with Crippen LogP contribution in [-0.2, 0) is 0 Å². The van der Waals surface area contributed by atoms with Crippen LogP contribution in [0.1, 0.15) is 6.92 Å². The summed E-state index contributed by atoms with van der Waals surface area (Å²) in [5, 5.41) is 6.22. The molecule has 0 aromatic rings. The predicted octanol–water partition coefficient (Wildman–Crippen LogP) is -0.695. The fourth-order valence-electron chi connectivity index (χ4n) is 2.29. The van der Waals surface area contributed by atoms with Crippen molar-refractivity contribution in [3.63, 3.8) is 0 Å². The standard InChI is InChI=1S/C10H20N4O/c1-2-11-3-4-13-5-6-14-9(8-13)7-12-10(14)15/h9,11H,2-8H2,1H3,(H,12,15). The molecule has 2 N–H and O–H groups in total. The van der Waals surface area contributed by atoms with Crippen molar-refractivity contribution in [3.8, 4) is 0 Å². The van der Waals surface area contributed by atoms with Crippen LogP contribution in [0.5, 0.6) is 0 Å². The summed E-state index contributed by atoms with van der Waals surface area (Å²) in [6, 6.07) is 0.513. The van der Waals surface area contributed by atoms with E-state index < -0.39 is 0 Å². The number of nitrogens with one attached hydrogen (secondary N) is 2. The van der Waals surface area contributed by atoms with Gasteiger partial charge in [-0.2, -0.15) is 0 Å². The van der Waals surface area contributed by atoms with E-state index in [1.807, 2.05) is 4.90 Å². The Morgan fingerprint density at radius 1 is 1.53 bits per heavy atom. The third-order valence-electron chi connectivity index (χ3n) is 3.17. The van der Waals surface area contributed by atoms with Gasteiger partial charge in [0.05, 0.1) is 6.04 Å². The highest BCUT2D eigenvalue weighted by Gasteiger charge is 2.34. The lowest BCUT2D eigenvalue weighted by Gasteiger charge is -2.36. The number of amides is 2. The average molecular weight is 212 g/mol. The molecule has 5 heteroatoms. The molecule has 86 valence electrons. The smallest absolute Gasteiger partial charge is 0.317 e. The van der Waals surface area contributed by atoms with Crippen LogP contribution in [0.25, 0.3) is 0 Å². The van der Waals surface area contributed by atoms with Gasteiger partial charge in [-0.3, -0.25) is 4.90 Å². The number of fused-ring (bicyclic) bond motifs is 1. The molecule has 1 atom stereocenters. The van der Waals surface area contributed by atoms with Crippen molar-refractivity contribution in [1.82, 2.24) is 20.4 Å². The van der Waals surface area contributed by atoms with Crippen molar-refractivity contribution in [1.29, 1.82) is 0 Å². The molecule has 0 aromatic heterocycles. The Labute approximate surface area is 90.8 Å². The highest BCUT2D eigenvalue weighted by atomic mass is 16.2. The van der Waals surface area contributed by atoms with Gasteiger partial charge in [-0.1, -0.05) is 6.92 Å². The average Bonchev–Trinajstić information content (AvgIpc) is 2.61. The zero-order chi connectivity index (χ0) is 10.7. The number of nitrogens with zero attached hydrogens (tertiary/aromatic N) is 2. The highest BCUT2D eigenvalue weighted by molar-refractivity contribution is 5.77.